The molecule has 3 aromatic heterocycles. The summed E-state index contributed by atoms with van der Waals surface area (Å²) < 4.78 is 20.9. The van der Waals surface area contributed by atoms with Crippen LogP contribution < -0.4 is 20.4 Å². The van der Waals surface area contributed by atoms with E-state index in [9.17, 15) is 19.2 Å². The lowest BCUT2D eigenvalue weighted by Gasteiger charge is -2.23. The monoisotopic (exact) mass is 1060 g/mol. The van der Waals surface area contributed by atoms with Crippen molar-refractivity contribution in [1.82, 2.24) is 15.0 Å². The van der Waals surface area contributed by atoms with E-state index in [1.807, 2.05) is 6.07 Å². The highest BCUT2D eigenvalue weighted by atomic mass is 79.9. The van der Waals surface area contributed by atoms with Crippen LogP contribution in [0.1, 0.15) is 47.1 Å². The van der Waals surface area contributed by atoms with Gasteiger partial charge in [-0.25, -0.2) is 14.4 Å². The summed E-state index contributed by atoms with van der Waals surface area (Å²) in [6, 6.07) is 19.8. The molecule has 0 bridgehead atoms. The van der Waals surface area contributed by atoms with E-state index in [0.717, 1.165) is 5.56 Å². The molecule has 0 saturated heterocycles. The number of carboxylic acids is 1. The van der Waals surface area contributed by atoms with Gasteiger partial charge in [0.2, 0.25) is 0 Å². The number of aromatic nitrogens is 3. The summed E-state index contributed by atoms with van der Waals surface area (Å²) in [7, 11) is 1.25. The molecule has 16 nitrogen and oxygen atoms in total. The fourth-order valence-corrected chi connectivity index (χ4v) is 4.85. The zero-order valence-electron chi connectivity index (χ0n) is 35.4. The van der Waals surface area contributed by atoms with Gasteiger partial charge >= 0.3 is 25.0 Å². The van der Waals surface area contributed by atoms with Crippen molar-refractivity contribution < 1.29 is 48.5 Å². The topological polar surface area (TPSA) is 236 Å². The Bertz CT molecular complexity index is 2390. The minimum atomic E-state index is -1.45. The number of H-pyrrole nitrogens is 1. The van der Waals surface area contributed by atoms with Crippen LogP contribution in [0, 0.1) is 17.9 Å². The van der Waals surface area contributed by atoms with Gasteiger partial charge in [-0.1, -0.05) is 52.3 Å². The van der Waals surface area contributed by atoms with Gasteiger partial charge in [0.1, 0.15) is 15.8 Å². The van der Waals surface area contributed by atoms with Gasteiger partial charge in [0, 0.05) is 48.8 Å². The zero-order chi connectivity index (χ0) is 48.0. The quantitative estimate of drug-likeness (QED) is 0.0487. The van der Waals surface area contributed by atoms with E-state index in [1.165, 1.54) is 46.3 Å². The van der Waals surface area contributed by atoms with Gasteiger partial charge in [-0.3, -0.25) is 19.6 Å². The third kappa shape index (κ3) is 19.8. The maximum atomic E-state index is 11.4. The number of aliphatic carboxylic acids is 1. The van der Waals surface area contributed by atoms with Crippen molar-refractivity contribution in [3.05, 3.63) is 140 Å². The number of esters is 2. The van der Waals surface area contributed by atoms with Crippen LogP contribution in [0.15, 0.2) is 118 Å². The zero-order valence-corrected chi connectivity index (χ0v) is 40.2. The van der Waals surface area contributed by atoms with E-state index >= 15 is 0 Å². The number of alkyl halides is 1. The van der Waals surface area contributed by atoms with E-state index in [1.54, 1.807) is 113 Å². The molecule has 0 aliphatic heterocycles. The van der Waals surface area contributed by atoms with Gasteiger partial charge < -0.3 is 39.1 Å². The number of nitriles is 1. The summed E-state index contributed by atoms with van der Waals surface area (Å²) in [5.41, 5.74) is 0.572. The molecule has 5 aromatic rings. The highest BCUT2D eigenvalue weighted by Gasteiger charge is 2.32. The molecule has 0 aliphatic carbocycles. The van der Waals surface area contributed by atoms with Crippen molar-refractivity contribution in [2.24, 2.45) is 0 Å². The molecule has 63 heavy (non-hydrogen) atoms. The van der Waals surface area contributed by atoms with Crippen LogP contribution >= 0.6 is 47.8 Å². The summed E-state index contributed by atoms with van der Waals surface area (Å²) in [6.07, 6.45) is 9.53. The van der Waals surface area contributed by atoms with Crippen molar-refractivity contribution in [3.8, 4) is 28.7 Å². The number of carboxylic acid groups (broad SMARTS) is 1. The lowest BCUT2D eigenvalue weighted by atomic mass is 9.80. The number of ether oxygens (including phenoxy) is 4. The van der Waals surface area contributed by atoms with Crippen molar-refractivity contribution in [1.29, 1.82) is 5.26 Å². The molecule has 0 fully saturated rings. The summed E-state index contributed by atoms with van der Waals surface area (Å²) >= 11 is 9.46. The van der Waals surface area contributed by atoms with E-state index < -0.39 is 34.6 Å². The minimum absolute atomic E-state index is 0.00347. The molecule has 0 atom stereocenters. The molecule has 0 spiro atoms. The van der Waals surface area contributed by atoms with E-state index in [0.29, 0.717) is 42.7 Å². The Morgan fingerprint density at radius 1 is 0.794 bits per heavy atom. The largest absolute Gasteiger partial charge is 0.488 e. The predicted molar refractivity (Wildman–Crippen MR) is 248 cm³/mol. The predicted octanol–water partition coefficient (Wildman–Crippen LogP) is 7.42. The highest BCUT2D eigenvalue weighted by Crippen LogP contribution is 2.32. The molecule has 0 unspecified atom stereocenters. The van der Waals surface area contributed by atoms with Crippen molar-refractivity contribution in [2.45, 2.75) is 57.1 Å². The maximum Gasteiger partial charge on any atom is 0.488 e. The second-order valence-corrected chi connectivity index (χ2v) is 17.5. The van der Waals surface area contributed by atoms with Crippen LogP contribution in [0.2, 0.25) is 0 Å². The minimum Gasteiger partial charge on any atom is -0.478 e. The van der Waals surface area contributed by atoms with Crippen LogP contribution in [-0.2, 0) is 23.9 Å². The van der Waals surface area contributed by atoms with Crippen molar-refractivity contribution in [2.75, 3.05) is 14.2 Å². The van der Waals surface area contributed by atoms with Crippen LogP contribution in [0.4, 0.5) is 5.69 Å². The van der Waals surface area contributed by atoms with Crippen molar-refractivity contribution in [3.63, 3.8) is 0 Å². The third-order valence-corrected chi connectivity index (χ3v) is 9.07. The molecule has 332 valence electrons. The van der Waals surface area contributed by atoms with Gasteiger partial charge in [0.25, 0.3) is 0 Å². The SMILES string of the molecule is CC(C)(Oc1ccncc1-c1ccc(C#N)cc1)C(=O)O.COC(=O)C(C)(C)Br.COC(=O)C(C)(C)Oc1ccncc1Br.O=c1cc[nH]cc1Br.[C-]#[N+]c1ccc(B(O)O)cc1. The number of benzene rings is 2. The Kier molecular flexibility index (Phi) is 23.2. The second-order valence-electron chi connectivity index (χ2n) is 13.8. The fraction of sp³-hybridized carbons (Fsp3) is 0.256. The first-order valence-corrected chi connectivity index (χ1v) is 20.5. The van der Waals surface area contributed by atoms with Crippen LogP contribution in [0.25, 0.3) is 16.0 Å². The average Bonchev–Trinajstić information content (AvgIpc) is 3.25. The number of pyridine rings is 3. The molecule has 5 rings (SSSR count). The summed E-state index contributed by atoms with van der Waals surface area (Å²) in [4.78, 5) is 57.5. The number of carbonyl (C=O) groups is 3. The Hall–Kier alpha value is -5.90. The number of nitrogens with zero attached hydrogens (tertiary/aromatic N) is 4. The van der Waals surface area contributed by atoms with Gasteiger partial charge in [-0.05, 0) is 109 Å². The number of nitrogens with one attached hydrogen (secondary N) is 1. The number of rotatable bonds is 9. The molecule has 3 heterocycles. The number of halogens is 3. The van der Waals surface area contributed by atoms with Gasteiger partial charge in [0.15, 0.2) is 22.3 Å². The molecule has 20 heteroatoms. The Labute approximate surface area is 390 Å². The summed E-state index contributed by atoms with van der Waals surface area (Å²) in [5.74, 6) is -0.740. The summed E-state index contributed by atoms with van der Waals surface area (Å²) in [5, 5.41) is 35.3. The first-order valence-electron chi connectivity index (χ1n) is 18.1. The number of aromatic amines is 1. The molecule has 0 amide bonds. The standard InChI is InChI=1S/C16H14N2O3.C10H12BrNO3.C7H6BNO2.C5H4BrNO.C5H9BrO2/c1-16(2,15(19)20)21-14-7-8-18-10-13(14)12-5-3-11(9-17)4-6-12;1-10(2,9(13)14-3)15-8-4-5-12-6-7(8)11;1-9-7-4-2-6(3-5-7)8(10)11;6-4-3-7-2-1-5(4)8;1-5(2,6)4(7)8-3/h3-8,10H,1-2H3,(H,19,20);4-6H,1-3H3;2-5,10-11H;1-3H,(H,7,8);1-3H3. The molecule has 0 aliphatic rings. The highest BCUT2D eigenvalue weighted by molar-refractivity contribution is 9.11. The Balaban J connectivity index is 0.000000416. The van der Waals surface area contributed by atoms with E-state index in [2.05, 4.69) is 77.1 Å². The van der Waals surface area contributed by atoms with Crippen LogP contribution in [0.3, 0.4) is 0 Å². The molecule has 0 radical (unpaired) electrons. The molecule has 0 saturated carbocycles. The van der Waals surface area contributed by atoms with Gasteiger partial charge in [-0.2, -0.15) is 5.26 Å². The van der Waals surface area contributed by atoms with E-state index in [4.69, 9.17) is 36.5 Å². The van der Waals surface area contributed by atoms with Crippen LogP contribution in [-0.4, -0.2) is 84.9 Å². The van der Waals surface area contributed by atoms with Gasteiger partial charge in [0.05, 0.1) is 41.4 Å². The number of hydrogen-bond acceptors (Lipinski definition) is 13. The third-order valence-electron chi connectivity index (χ3n) is 7.53. The maximum absolute atomic E-state index is 11.4. The fourth-order valence-electron chi connectivity index (χ4n) is 4.10. The summed E-state index contributed by atoms with van der Waals surface area (Å²) in [6.45, 7) is 16.3. The van der Waals surface area contributed by atoms with E-state index in [-0.39, 0.29) is 11.4 Å². The molecule has 4 N–H and O–H groups in total. The first-order chi connectivity index (χ1) is 29.4. The Morgan fingerprint density at radius 2 is 1.33 bits per heavy atom. The lowest BCUT2D eigenvalue weighted by molar-refractivity contribution is -0.156. The Morgan fingerprint density at radius 3 is 1.75 bits per heavy atom. The van der Waals surface area contributed by atoms with Crippen LogP contribution in [0.5, 0.6) is 11.5 Å². The molecule has 2 aromatic carbocycles. The van der Waals surface area contributed by atoms with Crippen molar-refractivity contribution >= 4 is 84.0 Å². The second kappa shape index (κ2) is 26.5. The van der Waals surface area contributed by atoms with Gasteiger partial charge in [-0.15, -0.1) is 0 Å². The number of carbonyl (C=O) groups excluding carboxylic acids is 2. The lowest BCUT2D eigenvalue weighted by Crippen LogP contribution is -2.39. The molecular weight excluding hydrogens is 1010 g/mol. The molecular formula is C43H45BBr3N5O11. The number of methoxy groups -OCH3 is 2. The number of hydrogen-bond donors (Lipinski definition) is 4. The average molecular weight is 1060 g/mol. The normalized spacial score (nSPS) is 10.3. The first kappa shape index (κ1) is 55.1. The smallest absolute Gasteiger partial charge is 0.478 e.